The van der Waals surface area contributed by atoms with E-state index in [-0.39, 0.29) is 0 Å². The second-order valence-corrected chi connectivity index (χ2v) is 4.94. The predicted molar refractivity (Wildman–Crippen MR) is 67.4 cm³/mol. The highest BCUT2D eigenvalue weighted by Gasteiger charge is 2.07. The van der Waals surface area contributed by atoms with Gasteiger partial charge in [-0.2, -0.15) is 0 Å². The average molecular weight is 223 g/mol. The van der Waals surface area contributed by atoms with Crippen molar-refractivity contribution in [2.24, 2.45) is 0 Å². The molecule has 74 valence electrons. The summed E-state index contributed by atoms with van der Waals surface area (Å²) in [5, 5.41) is 3.57. The van der Waals surface area contributed by atoms with Gasteiger partial charge in [0.05, 0.1) is 0 Å². The van der Waals surface area contributed by atoms with Crippen molar-refractivity contribution in [1.29, 1.82) is 0 Å². The molecule has 0 aliphatic rings. The number of fused-ring (bicyclic) bond motifs is 1. The summed E-state index contributed by atoms with van der Waals surface area (Å²) in [7, 11) is 0. The number of thiophene rings is 1. The molecule has 1 heterocycles. The first-order chi connectivity index (χ1) is 6.76. The number of nitrogen functional groups attached to an aromatic ring is 1. The number of benzene rings is 1. The Bertz CT molecular complexity index is 460. The molecule has 14 heavy (non-hydrogen) atoms. The second-order valence-electron chi connectivity index (χ2n) is 3.21. The molecule has 0 atom stereocenters. The molecule has 2 rings (SSSR count). The standard InChI is InChI=1S/C11H13NS2/c1-3-7-6-14-11-9(7)4-8(12)5-10(11)13-2/h4-6H,3,12H2,1-2H3. The Hall–Kier alpha value is -0.670. The summed E-state index contributed by atoms with van der Waals surface area (Å²) in [5.41, 5.74) is 8.15. The molecule has 3 heteroatoms. The highest BCUT2D eigenvalue weighted by molar-refractivity contribution is 7.99. The first-order valence-electron chi connectivity index (χ1n) is 4.59. The van der Waals surface area contributed by atoms with Crippen molar-refractivity contribution in [2.45, 2.75) is 18.2 Å². The van der Waals surface area contributed by atoms with E-state index in [0.29, 0.717) is 0 Å². The van der Waals surface area contributed by atoms with Gasteiger partial charge in [0.25, 0.3) is 0 Å². The maximum atomic E-state index is 5.87. The third-order valence-electron chi connectivity index (χ3n) is 2.34. The Morgan fingerprint density at radius 1 is 1.43 bits per heavy atom. The van der Waals surface area contributed by atoms with E-state index in [1.165, 1.54) is 20.5 Å². The molecule has 0 aliphatic carbocycles. The summed E-state index contributed by atoms with van der Waals surface area (Å²) in [6, 6.07) is 4.15. The molecule has 0 aliphatic heterocycles. The van der Waals surface area contributed by atoms with E-state index in [2.05, 4.69) is 30.7 Å². The lowest BCUT2D eigenvalue weighted by molar-refractivity contribution is 1.17. The highest BCUT2D eigenvalue weighted by Crippen LogP contribution is 2.35. The molecular formula is C11H13NS2. The highest BCUT2D eigenvalue weighted by atomic mass is 32.2. The summed E-state index contributed by atoms with van der Waals surface area (Å²) < 4.78 is 1.38. The van der Waals surface area contributed by atoms with Crippen molar-refractivity contribution in [3.05, 3.63) is 23.1 Å². The third-order valence-corrected chi connectivity index (χ3v) is 4.31. The topological polar surface area (TPSA) is 26.0 Å². The number of rotatable bonds is 2. The first kappa shape index (κ1) is 9.87. The molecule has 0 radical (unpaired) electrons. The molecule has 1 nitrogen and oxygen atoms in total. The van der Waals surface area contributed by atoms with Crippen LogP contribution in [-0.4, -0.2) is 6.26 Å². The van der Waals surface area contributed by atoms with Gasteiger partial charge in [0.1, 0.15) is 0 Å². The number of aryl methyl sites for hydroxylation is 1. The van der Waals surface area contributed by atoms with Crippen LogP contribution in [0.5, 0.6) is 0 Å². The van der Waals surface area contributed by atoms with Crippen LogP contribution in [0.4, 0.5) is 5.69 Å². The van der Waals surface area contributed by atoms with Gasteiger partial charge < -0.3 is 5.73 Å². The van der Waals surface area contributed by atoms with Crippen LogP contribution in [0.1, 0.15) is 12.5 Å². The Morgan fingerprint density at radius 3 is 2.86 bits per heavy atom. The smallest absolute Gasteiger partial charge is 0.0482 e. The zero-order valence-corrected chi connectivity index (χ0v) is 9.97. The number of hydrogen-bond donors (Lipinski definition) is 1. The maximum absolute atomic E-state index is 5.87. The molecule has 2 N–H and O–H groups in total. The van der Waals surface area contributed by atoms with Gasteiger partial charge in [0.15, 0.2) is 0 Å². The van der Waals surface area contributed by atoms with Gasteiger partial charge >= 0.3 is 0 Å². The zero-order valence-electron chi connectivity index (χ0n) is 8.33. The maximum Gasteiger partial charge on any atom is 0.0482 e. The van der Waals surface area contributed by atoms with E-state index in [1.54, 1.807) is 11.8 Å². The van der Waals surface area contributed by atoms with Gasteiger partial charge in [0, 0.05) is 15.3 Å². The second kappa shape index (κ2) is 3.83. The normalized spacial score (nSPS) is 11.0. The van der Waals surface area contributed by atoms with Gasteiger partial charge in [0.2, 0.25) is 0 Å². The fourth-order valence-corrected chi connectivity index (χ4v) is 3.59. The molecule has 0 fully saturated rings. The number of anilines is 1. The molecule has 2 aromatic rings. The van der Waals surface area contributed by atoms with Crippen LogP contribution in [-0.2, 0) is 6.42 Å². The molecular weight excluding hydrogens is 210 g/mol. The minimum Gasteiger partial charge on any atom is -0.399 e. The average Bonchev–Trinajstić information content (AvgIpc) is 2.59. The van der Waals surface area contributed by atoms with Crippen molar-refractivity contribution >= 4 is 38.9 Å². The van der Waals surface area contributed by atoms with E-state index >= 15 is 0 Å². The summed E-state index contributed by atoms with van der Waals surface area (Å²) in [4.78, 5) is 1.30. The van der Waals surface area contributed by atoms with Gasteiger partial charge in [-0.15, -0.1) is 23.1 Å². The van der Waals surface area contributed by atoms with Gasteiger partial charge in [-0.1, -0.05) is 6.92 Å². The lowest BCUT2D eigenvalue weighted by Gasteiger charge is -2.02. The quantitative estimate of drug-likeness (QED) is 0.619. The van der Waals surface area contributed by atoms with Crippen LogP contribution in [0.3, 0.4) is 0 Å². The van der Waals surface area contributed by atoms with Gasteiger partial charge in [-0.25, -0.2) is 0 Å². The summed E-state index contributed by atoms with van der Waals surface area (Å²) in [6.07, 6.45) is 3.18. The molecule has 1 aromatic carbocycles. The Kier molecular flexibility index (Phi) is 2.70. The van der Waals surface area contributed by atoms with Crippen molar-refractivity contribution < 1.29 is 0 Å². The van der Waals surface area contributed by atoms with Crippen LogP contribution in [0.15, 0.2) is 22.4 Å². The van der Waals surface area contributed by atoms with Crippen molar-refractivity contribution in [3.8, 4) is 0 Å². The third kappa shape index (κ3) is 1.51. The van der Waals surface area contributed by atoms with Crippen LogP contribution in [0.25, 0.3) is 10.1 Å². The molecule has 0 amide bonds. The van der Waals surface area contributed by atoms with Crippen LogP contribution < -0.4 is 5.73 Å². The molecule has 1 aromatic heterocycles. The zero-order chi connectivity index (χ0) is 10.1. The van der Waals surface area contributed by atoms with E-state index in [9.17, 15) is 0 Å². The SMILES string of the molecule is CCc1csc2c(SC)cc(N)cc12. The van der Waals surface area contributed by atoms with E-state index < -0.39 is 0 Å². The first-order valence-corrected chi connectivity index (χ1v) is 6.70. The lowest BCUT2D eigenvalue weighted by atomic mass is 10.1. The largest absolute Gasteiger partial charge is 0.399 e. The minimum atomic E-state index is 0.870. The number of nitrogens with two attached hydrogens (primary N) is 1. The van der Waals surface area contributed by atoms with Crippen molar-refractivity contribution in [1.82, 2.24) is 0 Å². The lowest BCUT2D eigenvalue weighted by Crippen LogP contribution is -1.86. The minimum absolute atomic E-state index is 0.870. The Morgan fingerprint density at radius 2 is 2.21 bits per heavy atom. The summed E-state index contributed by atoms with van der Waals surface area (Å²) in [5.74, 6) is 0. The van der Waals surface area contributed by atoms with Crippen molar-refractivity contribution in [3.63, 3.8) is 0 Å². The Balaban J connectivity index is 2.76. The van der Waals surface area contributed by atoms with Crippen LogP contribution in [0, 0.1) is 0 Å². The van der Waals surface area contributed by atoms with E-state index in [4.69, 9.17) is 5.73 Å². The number of thioether (sulfide) groups is 1. The molecule has 0 bridgehead atoms. The molecule has 0 saturated heterocycles. The summed E-state index contributed by atoms with van der Waals surface area (Å²) in [6.45, 7) is 2.18. The molecule has 0 saturated carbocycles. The van der Waals surface area contributed by atoms with Crippen molar-refractivity contribution in [2.75, 3.05) is 12.0 Å². The molecule has 0 unspecified atom stereocenters. The fourth-order valence-electron chi connectivity index (χ4n) is 1.60. The van der Waals surface area contributed by atoms with Crippen LogP contribution >= 0.6 is 23.1 Å². The Labute approximate surface area is 92.3 Å². The van der Waals surface area contributed by atoms with E-state index in [0.717, 1.165) is 12.1 Å². The molecule has 0 spiro atoms. The number of hydrogen-bond acceptors (Lipinski definition) is 3. The van der Waals surface area contributed by atoms with Gasteiger partial charge in [-0.05, 0) is 41.1 Å². The van der Waals surface area contributed by atoms with Crippen LogP contribution in [0.2, 0.25) is 0 Å². The van der Waals surface area contributed by atoms with E-state index in [1.807, 2.05) is 11.3 Å². The summed E-state index contributed by atoms with van der Waals surface area (Å²) >= 11 is 3.59. The predicted octanol–water partition coefficient (Wildman–Crippen LogP) is 3.77. The van der Waals surface area contributed by atoms with Gasteiger partial charge in [-0.3, -0.25) is 0 Å². The fraction of sp³-hybridized carbons (Fsp3) is 0.273. The monoisotopic (exact) mass is 223 g/mol.